The maximum absolute atomic E-state index is 10.4. The molecule has 1 rings (SSSR count). The van der Waals surface area contributed by atoms with Crippen LogP contribution in [0.25, 0.3) is 0 Å². The molecule has 22 heavy (non-hydrogen) atoms. The van der Waals surface area contributed by atoms with Gasteiger partial charge in [0, 0.05) is 32.2 Å². The number of nitrogens with zero attached hydrogens (tertiary/aromatic N) is 2. The Bertz CT molecular complexity index is 323. The molecule has 0 aliphatic carbocycles. The fourth-order valence-electron chi connectivity index (χ4n) is 2.57. The highest BCUT2D eigenvalue weighted by Crippen LogP contribution is 2.18. The number of nitrogens with one attached hydrogen (secondary N) is 1. The van der Waals surface area contributed by atoms with Crippen LogP contribution in [0.1, 0.15) is 47.0 Å². The molecule has 0 bridgehead atoms. The van der Waals surface area contributed by atoms with Crippen molar-refractivity contribution >= 4 is 29.9 Å². The molecule has 1 unspecified atom stereocenters. The molecule has 2 N–H and O–H groups in total. The third kappa shape index (κ3) is 7.00. The molecule has 1 atom stereocenters. The molecule has 0 aromatic carbocycles. The van der Waals surface area contributed by atoms with Crippen LogP contribution in [0.2, 0.25) is 0 Å². The van der Waals surface area contributed by atoms with Crippen molar-refractivity contribution in [2.24, 2.45) is 10.9 Å². The summed E-state index contributed by atoms with van der Waals surface area (Å²) in [7, 11) is 0. The number of hydrogen-bond acceptors (Lipinski definition) is 3. The lowest BCUT2D eigenvalue weighted by Crippen LogP contribution is -2.42. The first-order valence-electron chi connectivity index (χ1n) is 8.41. The van der Waals surface area contributed by atoms with Crippen LogP contribution in [0.3, 0.4) is 0 Å². The zero-order chi connectivity index (χ0) is 15.7. The summed E-state index contributed by atoms with van der Waals surface area (Å²) in [5, 5.41) is 13.7. The Balaban J connectivity index is 0.00000441. The standard InChI is InChI=1S/C16H33N3O2.HI/c1-5-16(20,6-2)13-18-15(17-7-3)19-10-9-14(11-19)12-21-8-4;/h14,20H,5-13H2,1-4H3,(H,17,18);1H. The quantitative estimate of drug-likeness (QED) is 0.355. The highest BCUT2D eigenvalue weighted by molar-refractivity contribution is 14.0. The highest BCUT2D eigenvalue weighted by atomic mass is 127. The molecule has 1 heterocycles. The fraction of sp³-hybridized carbons (Fsp3) is 0.938. The minimum atomic E-state index is -0.675. The van der Waals surface area contributed by atoms with Crippen molar-refractivity contribution in [3.05, 3.63) is 0 Å². The van der Waals surface area contributed by atoms with Gasteiger partial charge >= 0.3 is 0 Å². The van der Waals surface area contributed by atoms with E-state index in [0.29, 0.717) is 12.5 Å². The fourth-order valence-corrected chi connectivity index (χ4v) is 2.57. The number of likely N-dealkylation sites (tertiary alicyclic amines) is 1. The van der Waals surface area contributed by atoms with Gasteiger partial charge in [0.2, 0.25) is 0 Å². The van der Waals surface area contributed by atoms with Crippen molar-refractivity contribution in [3.8, 4) is 0 Å². The second kappa shape index (κ2) is 11.5. The van der Waals surface area contributed by atoms with E-state index in [-0.39, 0.29) is 24.0 Å². The van der Waals surface area contributed by atoms with Crippen LogP contribution >= 0.6 is 24.0 Å². The van der Waals surface area contributed by atoms with Crippen LogP contribution in [-0.4, -0.2) is 61.0 Å². The average molecular weight is 427 g/mol. The number of guanidine groups is 1. The van der Waals surface area contributed by atoms with Gasteiger partial charge in [-0.15, -0.1) is 24.0 Å². The van der Waals surface area contributed by atoms with Crippen LogP contribution in [0, 0.1) is 5.92 Å². The van der Waals surface area contributed by atoms with Gasteiger partial charge in [0.25, 0.3) is 0 Å². The van der Waals surface area contributed by atoms with Gasteiger partial charge in [-0.3, -0.25) is 4.99 Å². The summed E-state index contributed by atoms with van der Waals surface area (Å²) in [4.78, 5) is 6.96. The summed E-state index contributed by atoms with van der Waals surface area (Å²) in [5.41, 5.74) is -0.675. The minimum absolute atomic E-state index is 0. The summed E-state index contributed by atoms with van der Waals surface area (Å²) in [6.07, 6.45) is 2.62. The molecule has 6 heteroatoms. The van der Waals surface area contributed by atoms with Crippen molar-refractivity contribution in [1.29, 1.82) is 0 Å². The summed E-state index contributed by atoms with van der Waals surface area (Å²) in [5.74, 6) is 1.52. The van der Waals surface area contributed by atoms with Gasteiger partial charge in [0.15, 0.2) is 5.96 Å². The monoisotopic (exact) mass is 427 g/mol. The number of aliphatic imine (C=N–C) groups is 1. The topological polar surface area (TPSA) is 57.1 Å². The van der Waals surface area contributed by atoms with Gasteiger partial charge in [-0.2, -0.15) is 0 Å². The lowest BCUT2D eigenvalue weighted by atomic mass is 9.98. The predicted octanol–water partition coefficient (Wildman–Crippen LogP) is 2.48. The smallest absolute Gasteiger partial charge is 0.194 e. The van der Waals surface area contributed by atoms with Crippen molar-refractivity contribution in [2.45, 2.75) is 52.6 Å². The molecule has 1 aliphatic rings. The molecular formula is C16H34IN3O2. The minimum Gasteiger partial charge on any atom is -0.388 e. The SMILES string of the molecule is CCNC(=NCC(O)(CC)CC)N1CCC(COCC)C1.I. The van der Waals surface area contributed by atoms with Crippen LogP contribution in [0.15, 0.2) is 4.99 Å². The maximum atomic E-state index is 10.4. The van der Waals surface area contributed by atoms with E-state index in [2.05, 4.69) is 22.1 Å². The summed E-state index contributed by atoms with van der Waals surface area (Å²) < 4.78 is 5.53. The van der Waals surface area contributed by atoms with Crippen molar-refractivity contribution < 1.29 is 9.84 Å². The molecular weight excluding hydrogens is 393 g/mol. The molecule has 0 aromatic heterocycles. The average Bonchev–Trinajstić information content (AvgIpc) is 2.97. The van der Waals surface area contributed by atoms with E-state index in [1.165, 1.54) is 0 Å². The van der Waals surface area contributed by atoms with Gasteiger partial charge in [-0.05, 0) is 33.1 Å². The molecule has 0 saturated carbocycles. The largest absolute Gasteiger partial charge is 0.388 e. The Morgan fingerprint density at radius 2 is 2.00 bits per heavy atom. The van der Waals surface area contributed by atoms with E-state index >= 15 is 0 Å². The van der Waals surface area contributed by atoms with Crippen LogP contribution in [0.4, 0.5) is 0 Å². The Kier molecular flexibility index (Phi) is 11.4. The van der Waals surface area contributed by atoms with E-state index in [1.807, 2.05) is 20.8 Å². The van der Waals surface area contributed by atoms with Crippen LogP contribution < -0.4 is 5.32 Å². The first kappa shape index (κ1) is 21.9. The van der Waals surface area contributed by atoms with Crippen LogP contribution in [0.5, 0.6) is 0 Å². The van der Waals surface area contributed by atoms with Crippen LogP contribution in [-0.2, 0) is 4.74 Å². The zero-order valence-electron chi connectivity index (χ0n) is 14.6. The first-order valence-corrected chi connectivity index (χ1v) is 8.41. The Morgan fingerprint density at radius 1 is 1.32 bits per heavy atom. The third-order valence-electron chi connectivity index (χ3n) is 4.32. The molecule has 0 spiro atoms. The molecule has 0 aromatic rings. The second-order valence-corrected chi connectivity index (χ2v) is 5.86. The molecule has 0 amide bonds. The maximum Gasteiger partial charge on any atom is 0.194 e. The molecule has 1 fully saturated rings. The molecule has 1 saturated heterocycles. The molecule has 5 nitrogen and oxygen atoms in total. The zero-order valence-corrected chi connectivity index (χ0v) is 16.9. The second-order valence-electron chi connectivity index (χ2n) is 5.86. The Labute approximate surface area is 152 Å². The molecule has 132 valence electrons. The lowest BCUT2D eigenvalue weighted by molar-refractivity contribution is 0.0416. The number of rotatable bonds is 8. The van der Waals surface area contributed by atoms with Crippen molar-refractivity contribution in [2.75, 3.05) is 39.4 Å². The highest BCUT2D eigenvalue weighted by Gasteiger charge is 2.26. The van der Waals surface area contributed by atoms with E-state index in [4.69, 9.17) is 4.74 Å². The van der Waals surface area contributed by atoms with Gasteiger partial charge in [0.05, 0.1) is 18.8 Å². The van der Waals surface area contributed by atoms with E-state index < -0.39 is 5.60 Å². The molecule has 0 radical (unpaired) electrons. The summed E-state index contributed by atoms with van der Waals surface area (Å²) in [6, 6.07) is 0. The number of ether oxygens (including phenoxy) is 1. The van der Waals surface area contributed by atoms with E-state index in [1.54, 1.807) is 0 Å². The Morgan fingerprint density at radius 3 is 2.55 bits per heavy atom. The van der Waals surface area contributed by atoms with Gasteiger partial charge in [-0.1, -0.05) is 13.8 Å². The number of aliphatic hydroxyl groups is 1. The summed E-state index contributed by atoms with van der Waals surface area (Å²) in [6.45, 7) is 13.1. The van der Waals surface area contributed by atoms with Crippen molar-refractivity contribution in [1.82, 2.24) is 10.2 Å². The first-order chi connectivity index (χ1) is 10.1. The van der Waals surface area contributed by atoms with Gasteiger partial charge in [-0.25, -0.2) is 0 Å². The lowest BCUT2D eigenvalue weighted by Gasteiger charge is -2.26. The normalized spacial score (nSPS) is 19.2. The number of halogens is 1. The summed E-state index contributed by atoms with van der Waals surface area (Å²) >= 11 is 0. The number of hydrogen-bond donors (Lipinski definition) is 2. The van der Waals surface area contributed by atoms with Gasteiger partial charge < -0.3 is 20.1 Å². The Hall–Kier alpha value is -0.0800. The predicted molar refractivity (Wildman–Crippen MR) is 103 cm³/mol. The van der Waals surface area contributed by atoms with Crippen molar-refractivity contribution in [3.63, 3.8) is 0 Å². The van der Waals surface area contributed by atoms with E-state index in [9.17, 15) is 5.11 Å². The van der Waals surface area contributed by atoms with Gasteiger partial charge in [0.1, 0.15) is 0 Å². The third-order valence-corrected chi connectivity index (χ3v) is 4.32. The van der Waals surface area contributed by atoms with E-state index in [0.717, 1.165) is 58.1 Å². The molecule has 1 aliphatic heterocycles.